The number of carbonyl (C=O) groups is 2. The van der Waals surface area contributed by atoms with Crippen molar-refractivity contribution in [1.29, 1.82) is 0 Å². The minimum Gasteiger partial charge on any atom is -0.480 e. The van der Waals surface area contributed by atoms with Gasteiger partial charge in [0, 0.05) is 13.1 Å². The molecular formula is C13H22N2O3S. The zero-order chi connectivity index (χ0) is 13.8. The Balaban J connectivity index is 1.86. The molecule has 0 aromatic carbocycles. The van der Waals surface area contributed by atoms with Gasteiger partial charge in [0.25, 0.3) is 0 Å². The number of aliphatic carboxylic acids is 1. The smallest absolute Gasteiger partial charge is 0.326 e. The van der Waals surface area contributed by atoms with Gasteiger partial charge in [-0.05, 0) is 42.6 Å². The van der Waals surface area contributed by atoms with Gasteiger partial charge in [0.15, 0.2) is 0 Å². The van der Waals surface area contributed by atoms with Crippen molar-refractivity contribution in [2.24, 2.45) is 11.8 Å². The Kier molecular flexibility index (Phi) is 4.96. The first-order valence-corrected chi connectivity index (χ1v) is 8.08. The quantitative estimate of drug-likeness (QED) is 0.827. The molecule has 19 heavy (non-hydrogen) atoms. The molecule has 2 rings (SSSR count). The van der Waals surface area contributed by atoms with Gasteiger partial charge in [-0.1, -0.05) is 6.92 Å². The van der Waals surface area contributed by atoms with Gasteiger partial charge >= 0.3 is 12.0 Å². The van der Waals surface area contributed by atoms with Crippen LogP contribution in [0.4, 0.5) is 4.79 Å². The molecule has 0 spiro atoms. The van der Waals surface area contributed by atoms with Crippen LogP contribution in [0.5, 0.6) is 0 Å². The molecule has 3 unspecified atom stereocenters. The summed E-state index contributed by atoms with van der Waals surface area (Å²) in [6.45, 7) is 3.26. The zero-order valence-electron chi connectivity index (χ0n) is 11.3. The van der Waals surface area contributed by atoms with Crippen molar-refractivity contribution in [2.45, 2.75) is 32.2 Å². The first-order valence-electron chi connectivity index (χ1n) is 6.93. The summed E-state index contributed by atoms with van der Waals surface area (Å²) >= 11 is 1.92. The predicted molar refractivity (Wildman–Crippen MR) is 75.4 cm³/mol. The van der Waals surface area contributed by atoms with Crippen LogP contribution in [0, 0.1) is 11.8 Å². The van der Waals surface area contributed by atoms with Gasteiger partial charge in [0.05, 0.1) is 0 Å². The van der Waals surface area contributed by atoms with E-state index in [2.05, 4.69) is 5.32 Å². The monoisotopic (exact) mass is 286 g/mol. The molecule has 2 heterocycles. The minimum atomic E-state index is -0.891. The average molecular weight is 286 g/mol. The summed E-state index contributed by atoms with van der Waals surface area (Å²) in [5, 5.41) is 12.1. The Morgan fingerprint density at radius 3 is 2.84 bits per heavy atom. The number of rotatable bonds is 3. The second-order valence-electron chi connectivity index (χ2n) is 5.59. The van der Waals surface area contributed by atoms with Crippen molar-refractivity contribution in [3.05, 3.63) is 0 Å². The number of likely N-dealkylation sites (tertiary alicyclic amines) is 1. The minimum absolute atomic E-state index is 0.212. The second-order valence-corrected chi connectivity index (χ2v) is 6.74. The molecule has 0 aliphatic carbocycles. The largest absolute Gasteiger partial charge is 0.480 e. The summed E-state index contributed by atoms with van der Waals surface area (Å²) in [5.41, 5.74) is 0. The van der Waals surface area contributed by atoms with Gasteiger partial charge in [0.2, 0.25) is 0 Å². The van der Waals surface area contributed by atoms with E-state index in [1.807, 2.05) is 18.7 Å². The molecule has 2 fully saturated rings. The molecule has 0 bridgehead atoms. The van der Waals surface area contributed by atoms with E-state index in [0.717, 1.165) is 18.6 Å². The highest BCUT2D eigenvalue weighted by molar-refractivity contribution is 7.99. The fraction of sp³-hybridized carbons (Fsp3) is 0.846. The molecule has 0 aromatic rings. The van der Waals surface area contributed by atoms with E-state index in [4.69, 9.17) is 0 Å². The van der Waals surface area contributed by atoms with Gasteiger partial charge in [-0.3, -0.25) is 0 Å². The lowest BCUT2D eigenvalue weighted by Gasteiger charge is -2.36. The Labute approximate surface area is 118 Å². The third-order valence-electron chi connectivity index (χ3n) is 3.98. The van der Waals surface area contributed by atoms with E-state index in [-0.39, 0.29) is 6.03 Å². The molecule has 108 valence electrons. The maximum Gasteiger partial charge on any atom is 0.326 e. The summed E-state index contributed by atoms with van der Waals surface area (Å²) < 4.78 is 0. The topological polar surface area (TPSA) is 69.6 Å². The second kappa shape index (κ2) is 6.50. The maximum absolute atomic E-state index is 12.1. The summed E-state index contributed by atoms with van der Waals surface area (Å²) in [4.78, 5) is 24.9. The van der Waals surface area contributed by atoms with Crippen LogP contribution in [0.3, 0.4) is 0 Å². The predicted octanol–water partition coefficient (Wildman–Crippen LogP) is 1.63. The molecule has 2 N–H and O–H groups in total. The average Bonchev–Trinajstić information content (AvgIpc) is 2.88. The fourth-order valence-corrected chi connectivity index (χ4v) is 3.98. The lowest BCUT2D eigenvalue weighted by molar-refractivity contribution is -0.143. The molecular weight excluding hydrogens is 264 g/mol. The molecule has 2 amide bonds. The van der Waals surface area contributed by atoms with Crippen molar-refractivity contribution in [3.8, 4) is 0 Å². The number of carboxylic acid groups (broad SMARTS) is 1. The first-order chi connectivity index (χ1) is 9.08. The lowest BCUT2D eigenvalue weighted by Crippen LogP contribution is -2.53. The Morgan fingerprint density at radius 2 is 2.21 bits per heavy atom. The molecule has 3 atom stereocenters. The molecule has 0 saturated carbocycles. The van der Waals surface area contributed by atoms with Gasteiger partial charge in [-0.2, -0.15) is 11.8 Å². The van der Waals surface area contributed by atoms with Gasteiger partial charge in [0.1, 0.15) is 6.04 Å². The van der Waals surface area contributed by atoms with E-state index in [9.17, 15) is 14.7 Å². The number of nitrogens with zero attached hydrogens (tertiary/aromatic N) is 1. The van der Waals surface area contributed by atoms with Crippen LogP contribution in [-0.2, 0) is 4.79 Å². The molecule has 2 aliphatic heterocycles. The van der Waals surface area contributed by atoms with E-state index in [0.29, 0.717) is 31.3 Å². The Bertz CT molecular complexity index is 345. The number of carboxylic acids is 1. The van der Waals surface area contributed by atoms with Crippen LogP contribution in [0.1, 0.15) is 26.2 Å². The number of nitrogens with one attached hydrogen (secondary N) is 1. The number of carbonyl (C=O) groups excluding carboxylic acids is 1. The normalized spacial score (nSPS) is 31.2. The van der Waals surface area contributed by atoms with E-state index < -0.39 is 12.0 Å². The SMILES string of the molecule is CC1CCN(C(=O)NCC2CCSC2)C(C(=O)O)C1. The van der Waals surface area contributed by atoms with Gasteiger partial charge in [-0.15, -0.1) is 0 Å². The summed E-state index contributed by atoms with van der Waals surface area (Å²) in [7, 11) is 0. The number of urea groups is 1. The lowest BCUT2D eigenvalue weighted by atomic mass is 9.93. The van der Waals surface area contributed by atoms with E-state index in [1.54, 1.807) is 0 Å². The number of hydrogen-bond acceptors (Lipinski definition) is 3. The standard InChI is InChI=1S/C13H22N2O3S/c1-9-2-4-15(11(6-9)12(16)17)13(18)14-7-10-3-5-19-8-10/h9-11H,2-8H2,1H3,(H,14,18)(H,16,17). The fourth-order valence-electron chi connectivity index (χ4n) is 2.70. The van der Waals surface area contributed by atoms with Crippen molar-refractivity contribution < 1.29 is 14.7 Å². The van der Waals surface area contributed by atoms with Crippen LogP contribution >= 0.6 is 11.8 Å². The highest BCUT2D eigenvalue weighted by Crippen LogP contribution is 2.24. The summed E-state index contributed by atoms with van der Waals surface area (Å²) in [6.07, 6.45) is 2.59. The molecule has 2 aliphatic rings. The van der Waals surface area contributed by atoms with Crippen molar-refractivity contribution in [2.75, 3.05) is 24.6 Å². The summed E-state index contributed by atoms with van der Waals surface area (Å²) in [5.74, 6) is 2.29. The van der Waals surface area contributed by atoms with Gasteiger partial charge in [-0.25, -0.2) is 9.59 Å². The van der Waals surface area contributed by atoms with Crippen LogP contribution in [0.25, 0.3) is 0 Å². The van der Waals surface area contributed by atoms with Crippen LogP contribution in [0.15, 0.2) is 0 Å². The maximum atomic E-state index is 12.1. The van der Waals surface area contributed by atoms with E-state index >= 15 is 0 Å². The number of thioether (sulfide) groups is 1. The molecule has 0 aromatic heterocycles. The van der Waals surface area contributed by atoms with Crippen molar-refractivity contribution in [1.82, 2.24) is 10.2 Å². The number of amides is 2. The van der Waals surface area contributed by atoms with Crippen LogP contribution in [-0.4, -0.2) is 52.6 Å². The third-order valence-corrected chi connectivity index (χ3v) is 5.21. The number of hydrogen-bond donors (Lipinski definition) is 2. The van der Waals surface area contributed by atoms with Crippen molar-refractivity contribution in [3.63, 3.8) is 0 Å². The van der Waals surface area contributed by atoms with Crippen molar-refractivity contribution >= 4 is 23.8 Å². The first kappa shape index (κ1) is 14.5. The van der Waals surface area contributed by atoms with Crippen LogP contribution < -0.4 is 5.32 Å². The van der Waals surface area contributed by atoms with E-state index in [1.165, 1.54) is 10.7 Å². The molecule has 5 nitrogen and oxygen atoms in total. The summed E-state index contributed by atoms with van der Waals surface area (Å²) in [6, 6.07) is -0.877. The van der Waals surface area contributed by atoms with Gasteiger partial charge < -0.3 is 15.3 Å². The van der Waals surface area contributed by atoms with Crippen LogP contribution in [0.2, 0.25) is 0 Å². The highest BCUT2D eigenvalue weighted by atomic mass is 32.2. The number of piperidine rings is 1. The molecule has 0 radical (unpaired) electrons. The molecule has 6 heteroatoms. The highest BCUT2D eigenvalue weighted by Gasteiger charge is 2.34. The Hall–Kier alpha value is -0.910. The molecule has 2 saturated heterocycles. The Morgan fingerprint density at radius 1 is 1.42 bits per heavy atom. The third kappa shape index (κ3) is 3.78. The zero-order valence-corrected chi connectivity index (χ0v) is 12.1.